The Labute approximate surface area is 227 Å². The Morgan fingerprint density at radius 3 is 2.27 bits per heavy atom. The molecule has 3 aromatic carbocycles. The van der Waals surface area contributed by atoms with Gasteiger partial charge in [-0.15, -0.1) is 0 Å². The first kappa shape index (κ1) is 26.4. The number of pyridine rings is 1. The molecule has 0 radical (unpaired) electrons. The molecule has 0 unspecified atom stereocenters. The van der Waals surface area contributed by atoms with Crippen molar-refractivity contribution in [1.82, 2.24) is 10.3 Å². The fourth-order valence-electron chi connectivity index (χ4n) is 3.89. The zero-order valence-electron chi connectivity index (χ0n) is 21.3. The normalized spacial score (nSPS) is 12.5. The minimum atomic E-state index is -0.777. The third-order valence-electron chi connectivity index (χ3n) is 5.82. The largest absolute Gasteiger partial charge is 0.486 e. The number of ether oxygens (including phenoxy) is 3. The molecule has 9 nitrogen and oxygen atoms in total. The Morgan fingerprint density at radius 2 is 1.57 bits per heavy atom. The highest BCUT2D eigenvalue weighted by Crippen LogP contribution is 2.39. The molecular weight excluding hydrogens is 522 g/mol. The highest BCUT2D eigenvalue weighted by atomic mass is 19.1. The maximum Gasteiger partial charge on any atom is 0.262 e. The number of rotatable bonds is 8. The van der Waals surface area contributed by atoms with E-state index in [9.17, 15) is 14.0 Å². The fourth-order valence-corrected chi connectivity index (χ4v) is 3.89. The quantitative estimate of drug-likeness (QED) is 0.159. The van der Waals surface area contributed by atoms with Crippen LogP contribution in [0.3, 0.4) is 0 Å². The summed E-state index contributed by atoms with van der Waals surface area (Å²) in [6.07, 6.45) is 2.79. The second-order valence-corrected chi connectivity index (χ2v) is 8.60. The van der Waals surface area contributed by atoms with E-state index in [1.807, 2.05) is 0 Å². The second kappa shape index (κ2) is 11.7. The molecule has 1 aliphatic heterocycles. The van der Waals surface area contributed by atoms with E-state index in [1.165, 1.54) is 48.8 Å². The van der Waals surface area contributed by atoms with Gasteiger partial charge >= 0.3 is 0 Å². The lowest BCUT2D eigenvalue weighted by molar-refractivity contribution is -0.118. The smallest absolute Gasteiger partial charge is 0.262 e. The Balaban J connectivity index is 1.32. The topological polar surface area (TPSA) is 111 Å². The summed E-state index contributed by atoms with van der Waals surface area (Å²) in [6, 6.07) is 14.1. The van der Waals surface area contributed by atoms with E-state index in [2.05, 4.69) is 20.9 Å². The van der Waals surface area contributed by atoms with E-state index in [1.54, 1.807) is 25.1 Å². The fraction of sp³-hybridized carbons (Fsp3) is 0.138. The maximum absolute atomic E-state index is 15.1. The van der Waals surface area contributed by atoms with E-state index in [0.717, 1.165) is 6.07 Å². The Kier molecular flexibility index (Phi) is 7.72. The Hall–Kier alpha value is -5.19. The van der Waals surface area contributed by atoms with Crippen LogP contribution in [-0.4, -0.2) is 36.6 Å². The van der Waals surface area contributed by atoms with Crippen molar-refractivity contribution in [3.8, 4) is 23.0 Å². The van der Waals surface area contributed by atoms with Crippen LogP contribution >= 0.6 is 0 Å². The molecule has 0 saturated heterocycles. The van der Waals surface area contributed by atoms with Crippen molar-refractivity contribution >= 4 is 34.1 Å². The molecule has 0 aliphatic carbocycles. The molecule has 11 heteroatoms. The number of aromatic nitrogens is 1. The number of amides is 2. The highest BCUT2D eigenvalue weighted by Gasteiger charge is 2.20. The van der Waals surface area contributed by atoms with Crippen molar-refractivity contribution < 1.29 is 32.6 Å². The number of benzene rings is 3. The Bertz CT molecular complexity index is 1610. The van der Waals surface area contributed by atoms with Crippen LogP contribution < -0.4 is 30.2 Å². The van der Waals surface area contributed by atoms with Gasteiger partial charge in [-0.1, -0.05) is 0 Å². The van der Waals surface area contributed by atoms with Crippen LogP contribution in [0.2, 0.25) is 0 Å². The van der Waals surface area contributed by atoms with Crippen LogP contribution in [0.1, 0.15) is 6.92 Å². The third kappa shape index (κ3) is 5.93. The van der Waals surface area contributed by atoms with Crippen LogP contribution in [0.25, 0.3) is 10.9 Å². The molecule has 5 rings (SSSR count). The number of hydrogen-bond acceptors (Lipinski definition) is 7. The number of halogens is 2. The van der Waals surface area contributed by atoms with Crippen LogP contribution in [0.4, 0.5) is 20.2 Å². The number of hydrogen-bond donors (Lipinski definition) is 3. The van der Waals surface area contributed by atoms with E-state index >= 15 is 4.39 Å². The summed E-state index contributed by atoms with van der Waals surface area (Å²) in [5.41, 5.74) is 0.734. The summed E-state index contributed by atoms with van der Waals surface area (Å²) < 4.78 is 45.3. The monoisotopic (exact) mass is 546 g/mol. The number of carbonyl (C=O) groups is 2. The standard InChI is InChI=1S/C29H24F2N4O5/c1-2-32-16-21(28(36)34-18-5-3-17(30)4-6-18)29(37)35-19-7-8-25(22(31)13-19)40-24-9-10-33-23-15-27-26(14-20(23)24)38-11-12-39-27/h3-10,13-16,32H,2,11-12H2,1H3,(H,34,36)(H,35,37)/b21-16+. The lowest BCUT2D eigenvalue weighted by atomic mass is 10.1. The average Bonchev–Trinajstić information content (AvgIpc) is 2.95. The van der Waals surface area contributed by atoms with Gasteiger partial charge in [-0.25, -0.2) is 8.78 Å². The number of anilines is 2. The average molecular weight is 547 g/mol. The van der Waals surface area contributed by atoms with Gasteiger partial charge in [0.25, 0.3) is 11.8 Å². The van der Waals surface area contributed by atoms with Gasteiger partial charge in [0, 0.05) is 47.8 Å². The van der Waals surface area contributed by atoms with Crippen LogP contribution in [-0.2, 0) is 9.59 Å². The maximum atomic E-state index is 15.1. The van der Waals surface area contributed by atoms with E-state index in [-0.39, 0.29) is 17.0 Å². The van der Waals surface area contributed by atoms with Crippen molar-refractivity contribution in [1.29, 1.82) is 0 Å². The summed E-state index contributed by atoms with van der Waals surface area (Å²) in [5, 5.41) is 8.47. The summed E-state index contributed by atoms with van der Waals surface area (Å²) in [5.74, 6) is -1.33. The molecule has 1 aliphatic rings. The summed E-state index contributed by atoms with van der Waals surface area (Å²) in [7, 11) is 0. The summed E-state index contributed by atoms with van der Waals surface area (Å²) >= 11 is 0. The van der Waals surface area contributed by atoms with Crippen molar-refractivity contribution in [2.75, 3.05) is 30.4 Å². The molecule has 4 aromatic rings. The predicted octanol–water partition coefficient (Wildman–Crippen LogP) is 5.15. The van der Waals surface area contributed by atoms with Crippen molar-refractivity contribution in [3.05, 3.63) is 90.3 Å². The first-order chi connectivity index (χ1) is 19.4. The van der Waals surface area contributed by atoms with E-state index in [4.69, 9.17) is 14.2 Å². The zero-order valence-corrected chi connectivity index (χ0v) is 21.3. The minimum absolute atomic E-state index is 0.0853. The molecule has 0 saturated carbocycles. The number of nitrogens with zero attached hydrogens (tertiary/aromatic N) is 1. The molecule has 204 valence electrons. The van der Waals surface area contributed by atoms with E-state index in [0.29, 0.717) is 53.6 Å². The minimum Gasteiger partial charge on any atom is -0.486 e. The first-order valence-corrected chi connectivity index (χ1v) is 12.4. The highest BCUT2D eigenvalue weighted by molar-refractivity contribution is 6.26. The molecule has 3 N–H and O–H groups in total. The van der Waals surface area contributed by atoms with Crippen LogP contribution in [0.5, 0.6) is 23.0 Å². The SMILES string of the molecule is CCN/C=C(\C(=O)Nc1ccc(F)cc1)C(=O)Nc1ccc(Oc2ccnc3cc4c(cc23)OCCO4)c(F)c1. The Morgan fingerprint density at radius 1 is 0.900 bits per heavy atom. The van der Waals surface area contributed by atoms with Crippen LogP contribution in [0, 0.1) is 11.6 Å². The van der Waals surface area contributed by atoms with Crippen molar-refractivity contribution in [3.63, 3.8) is 0 Å². The number of carbonyl (C=O) groups excluding carboxylic acids is 2. The molecule has 0 fully saturated rings. The van der Waals surface area contributed by atoms with Gasteiger partial charge in [0.15, 0.2) is 23.1 Å². The molecular formula is C29H24F2N4O5. The van der Waals surface area contributed by atoms with Gasteiger partial charge in [-0.05, 0) is 55.5 Å². The first-order valence-electron chi connectivity index (χ1n) is 12.4. The van der Waals surface area contributed by atoms with Gasteiger partial charge in [0.05, 0.1) is 5.52 Å². The molecule has 40 heavy (non-hydrogen) atoms. The zero-order chi connectivity index (χ0) is 28.1. The molecule has 0 bridgehead atoms. The van der Waals surface area contributed by atoms with Gasteiger partial charge in [0.2, 0.25) is 0 Å². The van der Waals surface area contributed by atoms with Gasteiger partial charge < -0.3 is 30.2 Å². The lowest BCUT2D eigenvalue weighted by Gasteiger charge is -2.19. The molecule has 2 amide bonds. The number of nitrogens with one attached hydrogen (secondary N) is 3. The lowest BCUT2D eigenvalue weighted by Crippen LogP contribution is -2.27. The summed E-state index contributed by atoms with van der Waals surface area (Å²) in [4.78, 5) is 30.0. The van der Waals surface area contributed by atoms with Gasteiger partial charge in [-0.2, -0.15) is 0 Å². The molecule has 0 atom stereocenters. The molecule has 2 heterocycles. The van der Waals surface area contributed by atoms with Crippen LogP contribution in [0.15, 0.2) is 78.6 Å². The predicted molar refractivity (Wildman–Crippen MR) is 145 cm³/mol. The third-order valence-corrected chi connectivity index (χ3v) is 5.82. The molecule has 0 spiro atoms. The second-order valence-electron chi connectivity index (χ2n) is 8.60. The van der Waals surface area contributed by atoms with Gasteiger partial charge in [-0.3, -0.25) is 14.6 Å². The van der Waals surface area contributed by atoms with Crippen molar-refractivity contribution in [2.45, 2.75) is 6.92 Å². The molecule has 1 aromatic heterocycles. The summed E-state index contributed by atoms with van der Waals surface area (Å²) in [6.45, 7) is 3.09. The van der Waals surface area contributed by atoms with E-state index < -0.39 is 23.4 Å². The number of fused-ring (bicyclic) bond motifs is 2. The van der Waals surface area contributed by atoms with Gasteiger partial charge in [0.1, 0.15) is 30.4 Å². The van der Waals surface area contributed by atoms with Crippen molar-refractivity contribution in [2.24, 2.45) is 0 Å².